The number of esters is 1. The van der Waals surface area contributed by atoms with Crippen LogP contribution in [0.1, 0.15) is 25.3 Å². The van der Waals surface area contributed by atoms with Crippen molar-refractivity contribution in [2.24, 2.45) is 5.73 Å². The second kappa shape index (κ2) is 6.58. The summed E-state index contributed by atoms with van der Waals surface area (Å²) >= 11 is 0. The molecule has 19 heavy (non-hydrogen) atoms. The summed E-state index contributed by atoms with van der Waals surface area (Å²) in [6, 6.07) is 8.62. The Morgan fingerprint density at radius 3 is 2.37 bits per heavy atom. The van der Waals surface area contributed by atoms with E-state index in [2.05, 4.69) is 0 Å². The first-order valence-corrected chi connectivity index (χ1v) is 5.90. The number of carbonyl (C=O) groups excluding carboxylic acids is 1. The summed E-state index contributed by atoms with van der Waals surface area (Å²) in [5.74, 6) is -2.70. The Bertz CT molecular complexity index is 493. The molecule has 0 fully saturated rings. The maximum Gasteiger partial charge on any atom is 0.354 e. The van der Waals surface area contributed by atoms with Gasteiger partial charge in [0, 0.05) is 0 Å². The number of nitrogens with two attached hydrogens (primary N) is 1. The van der Waals surface area contributed by atoms with E-state index in [1.807, 2.05) is 0 Å². The Morgan fingerprint density at radius 2 is 1.89 bits per heavy atom. The first kappa shape index (κ1) is 14.8. The summed E-state index contributed by atoms with van der Waals surface area (Å²) in [6.07, 6.45) is 0. The van der Waals surface area contributed by atoms with Crippen LogP contribution in [0.25, 0.3) is 0 Å². The van der Waals surface area contributed by atoms with Crippen molar-refractivity contribution >= 4 is 11.9 Å². The molecule has 1 rings (SSSR count). The largest absolute Gasteiger partial charge is 0.481 e. The smallest absolute Gasteiger partial charge is 0.354 e. The Labute approximate surface area is 111 Å². The molecule has 0 bridgehead atoms. The number of ether oxygens (including phenoxy) is 1. The highest BCUT2D eigenvalue weighted by molar-refractivity contribution is 5.91. The second-order valence-electron chi connectivity index (χ2n) is 4.00. The van der Waals surface area contributed by atoms with Crippen molar-refractivity contribution in [3.8, 4) is 0 Å². The first-order valence-electron chi connectivity index (χ1n) is 5.90. The fraction of sp³-hybridized carbons (Fsp3) is 0.286. The molecule has 0 radical (unpaired) electrons. The van der Waals surface area contributed by atoms with Crippen LogP contribution in [-0.4, -0.2) is 23.7 Å². The summed E-state index contributed by atoms with van der Waals surface area (Å²) in [5, 5.41) is 9.32. The van der Waals surface area contributed by atoms with Crippen LogP contribution in [0.15, 0.2) is 41.6 Å². The SMILES string of the molecule is CCOC(=O)C(N)=C(C)C(C(=O)O)c1ccccc1. The van der Waals surface area contributed by atoms with E-state index in [1.54, 1.807) is 37.3 Å². The van der Waals surface area contributed by atoms with E-state index in [0.29, 0.717) is 5.56 Å². The van der Waals surface area contributed by atoms with E-state index >= 15 is 0 Å². The van der Waals surface area contributed by atoms with E-state index in [0.717, 1.165) is 0 Å². The molecule has 1 aromatic carbocycles. The lowest BCUT2D eigenvalue weighted by Gasteiger charge is -2.15. The van der Waals surface area contributed by atoms with Gasteiger partial charge in [0.15, 0.2) is 0 Å². The van der Waals surface area contributed by atoms with Crippen molar-refractivity contribution in [2.75, 3.05) is 6.61 Å². The number of aliphatic carboxylic acids is 1. The van der Waals surface area contributed by atoms with Crippen LogP contribution in [0.3, 0.4) is 0 Å². The molecule has 0 aromatic heterocycles. The highest BCUT2D eigenvalue weighted by atomic mass is 16.5. The molecule has 0 heterocycles. The van der Waals surface area contributed by atoms with Crippen molar-refractivity contribution in [1.29, 1.82) is 0 Å². The molecule has 0 saturated carbocycles. The minimum Gasteiger partial charge on any atom is -0.481 e. The first-order chi connectivity index (χ1) is 8.99. The molecule has 3 N–H and O–H groups in total. The Balaban J connectivity index is 3.17. The van der Waals surface area contributed by atoms with E-state index in [4.69, 9.17) is 10.5 Å². The van der Waals surface area contributed by atoms with E-state index in [-0.39, 0.29) is 17.9 Å². The number of carbonyl (C=O) groups is 2. The second-order valence-corrected chi connectivity index (χ2v) is 4.00. The van der Waals surface area contributed by atoms with Gasteiger partial charge in [-0.05, 0) is 25.0 Å². The minimum atomic E-state index is -1.06. The van der Waals surface area contributed by atoms with Gasteiger partial charge in [0.2, 0.25) is 0 Å². The molecule has 0 aliphatic carbocycles. The molecule has 0 spiro atoms. The Kier molecular flexibility index (Phi) is 5.11. The average molecular weight is 263 g/mol. The molecule has 1 unspecified atom stereocenters. The highest BCUT2D eigenvalue weighted by Gasteiger charge is 2.25. The molecule has 0 aliphatic rings. The molecule has 0 aliphatic heterocycles. The highest BCUT2D eigenvalue weighted by Crippen LogP contribution is 2.25. The number of carboxylic acid groups (broad SMARTS) is 1. The minimum absolute atomic E-state index is 0.155. The van der Waals surface area contributed by atoms with Gasteiger partial charge in [-0.15, -0.1) is 0 Å². The standard InChI is InChI=1S/C14H17NO4/c1-3-19-14(18)12(15)9(2)11(13(16)17)10-7-5-4-6-8-10/h4-8,11H,3,15H2,1-2H3,(H,16,17). The molecule has 0 amide bonds. The summed E-state index contributed by atoms with van der Waals surface area (Å²) < 4.78 is 4.78. The zero-order valence-corrected chi connectivity index (χ0v) is 10.9. The monoisotopic (exact) mass is 263 g/mol. The predicted molar refractivity (Wildman–Crippen MR) is 70.3 cm³/mol. The molecule has 5 heteroatoms. The number of hydrogen-bond donors (Lipinski definition) is 2. The van der Waals surface area contributed by atoms with Gasteiger partial charge in [0.25, 0.3) is 0 Å². The van der Waals surface area contributed by atoms with Crippen molar-refractivity contribution in [3.63, 3.8) is 0 Å². The van der Waals surface area contributed by atoms with Crippen molar-refractivity contribution < 1.29 is 19.4 Å². The molecule has 0 saturated heterocycles. The number of rotatable bonds is 5. The molecule has 1 atom stereocenters. The Morgan fingerprint density at radius 1 is 1.32 bits per heavy atom. The van der Waals surface area contributed by atoms with Crippen molar-refractivity contribution in [1.82, 2.24) is 0 Å². The van der Waals surface area contributed by atoms with Crippen LogP contribution >= 0.6 is 0 Å². The summed E-state index contributed by atoms with van der Waals surface area (Å²) in [5.41, 5.74) is 6.35. The quantitative estimate of drug-likeness (QED) is 0.622. The van der Waals surface area contributed by atoms with Gasteiger partial charge in [0.1, 0.15) is 11.6 Å². The van der Waals surface area contributed by atoms with Gasteiger partial charge >= 0.3 is 11.9 Å². The lowest BCUT2D eigenvalue weighted by Crippen LogP contribution is -2.22. The van der Waals surface area contributed by atoms with Crippen molar-refractivity contribution in [2.45, 2.75) is 19.8 Å². The molecule has 5 nitrogen and oxygen atoms in total. The number of hydrogen-bond acceptors (Lipinski definition) is 4. The molecule has 1 aromatic rings. The lowest BCUT2D eigenvalue weighted by molar-refractivity contribution is -0.138. The van der Waals surface area contributed by atoms with Crippen LogP contribution in [0.4, 0.5) is 0 Å². The van der Waals surface area contributed by atoms with Gasteiger partial charge < -0.3 is 15.6 Å². The van der Waals surface area contributed by atoms with Crippen molar-refractivity contribution in [3.05, 3.63) is 47.2 Å². The van der Waals surface area contributed by atoms with Crippen LogP contribution in [0, 0.1) is 0 Å². The third-order valence-electron chi connectivity index (χ3n) is 2.73. The third-order valence-corrected chi connectivity index (χ3v) is 2.73. The van der Waals surface area contributed by atoms with Gasteiger partial charge in [0.05, 0.1) is 6.61 Å². The van der Waals surface area contributed by atoms with Gasteiger partial charge in [-0.25, -0.2) is 4.79 Å². The van der Waals surface area contributed by atoms with Gasteiger partial charge in [-0.3, -0.25) is 4.79 Å². The molecular formula is C14H17NO4. The van der Waals surface area contributed by atoms with Crippen LogP contribution in [0.5, 0.6) is 0 Å². The topological polar surface area (TPSA) is 89.6 Å². The number of benzene rings is 1. The normalized spacial score (nSPS) is 13.4. The predicted octanol–water partition coefficient (Wildman–Crippen LogP) is 1.65. The van der Waals surface area contributed by atoms with Crippen LogP contribution in [0.2, 0.25) is 0 Å². The van der Waals surface area contributed by atoms with E-state index < -0.39 is 17.9 Å². The summed E-state index contributed by atoms with van der Waals surface area (Å²) in [4.78, 5) is 22.9. The Hall–Kier alpha value is -2.30. The maximum atomic E-state index is 11.5. The lowest BCUT2D eigenvalue weighted by atomic mass is 9.91. The third kappa shape index (κ3) is 3.58. The van der Waals surface area contributed by atoms with Crippen LogP contribution in [-0.2, 0) is 14.3 Å². The van der Waals surface area contributed by atoms with Gasteiger partial charge in [-0.2, -0.15) is 0 Å². The van der Waals surface area contributed by atoms with Crippen LogP contribution < -0.4 is 5.73 Å². The molecule has 102 valence electrons. The fourth-order valence-electron chi connectivity index (χ4n) is 1.75. The van der Waals surface area contributed by atoms with E-state index in [1.165, 1.54) is 6.92 Å². The zero-order chi connectivity index (χ0) is 14.4. The maximum absolute atomic E-state index is 11.5. The van der Waals surface area contributed by atoms with E-state index in [9.17, 15) is 14.7 Å². The van der Waals surface area contributed by atoms with Gasteiger partial charge in [-0.1, -0.05) is 30.3 Å². The summed E-state index contributed by atoms with van der Waals surface area (Å²) in [7, 11) is 0. The molecular weight excluding hydrogens is 246 g/mol. The average Bonchev–Trinajstić information content (AvgIpc) is 2.39. The fourth-order valence-corrected chi connectivity index (χ4v) is 1.75. The zero-order valence-electron chi connectivity index (χ0n) is 10.9. The number of carboxylic acids is 1. The summed E-state index contributed by atoms with van der Waals surface area (Å²) in [6.45, 7) is 3.38.